The van der Waals surface area contributed by atoms with E-state index in [1.165, 1.54) is 66.3 Å². The van der Waals surface area contributed by atoms with E-state index in [2.05, 4.69) is 0 Å². The Balaban J connectivity index is 1.29. The second-order valence-electron chi connectivity index (χ2n) is 10.2. The molecule has 0 amide bonds. The van der Waals surface area contributed by atoms with Gasteiger partial charge >= 0.3 is 0 Å². The molecular weight excluding hydrogens is 596 g/mol. The number of ether oxygens (including phenoxy) is 4. The lowest BCUT2D eigenvalue weighted by atomic mass is 10.0. The number of benzene rings is 3. The number of hydrogen-bond acceptors (Lipinski definition) is 9. The van der Waals surface area contributed by atoms with Gasteiger partial charge in [0.25, 0.3) is 0 Å². The predicted molar refractivity (Wildman–Crippen MR) is 158 cm³/mol. The van der Waals surface area contributed by atoms with Gasteiger partial charge in [0.2, 0.25) is 20.0 Å². The predicted octanol–water partition coefficient (Wildman–Crippen LogP) is 3.34. The Labute approximate surface area is 252 Å². The molecule has 2 fully saturated rings. The summed E-state index contributed by atoms with van der Waals surface area (Å²) in [7, 11) is -3.25. The molecule has 2 aliphatic rings. The summed E-state index contributed by atoms with van der Waals surface area (Å²) in [5, 5.41) is 0. The fourth-order valence-electron chi connectivity index (χ4n) is 5.61. The van der Waals surface area contributed by atoms with E-state index in [1.807, 2.05) is 0 Å². The molecule has 0 atom stereocenters. The number of Topliss-reactive ketones (excluding diaryl/α,β-unsaturated/α-hetero) is 1. The Morgan fingerprint density at radius 3 is 2.02 bits per heavy atom. The first kappa shape index (κ1) is 31.0. The fraction of sp³-hybridized carbons (Fsp3) is 0.367. The first-order chi connectivity index (χ1) is 20.6. The monoisotopic (exact) mass is 630 g/mol. The quantitative estimate of drug-likeness (QED) is 0.310. The Morgan fingerprint density at radius 1 is 0.791 bits per heavy atom. The van der Waals surface area contributed by atoms with E-state index >= 15 is 0 Å². The van der Waals surface area contributed by atoms with Crippen molar-refractivity contribution in [2.45, 2.75) is 34.8 Å². The lowest BCUT2D eigenvalue weighted by Gasteiger charge is -2.42. The maximum Gasteiger partial charge on any atom is 0.245 e. The van der Waals surface area contributed by atoms with E-state index in [9.17, 15) is 21.6 Å². The van der Waals surface area contributed by atoms with Crippen molar-refractivity contribution in [1.29, 1.82) is 0 Å². The largest absolute Gasteiger partial charge is 0.497 e. The summed E-state index contributed by atoms with van der Waals surface area (Å²) in [6, 6.07) is 17.3. The second-order valence-corrected chi connectivity index (χ2v) is 14.0. The molecule has 0 aromatic heterocycles. The first-order valence-corrected chi connectivity index (χ1v) is 16.6. The third-order valence-corrected chi connectivity index (χ3v) is 11.8. The van der Waals surface area contributed by atoms with Gasteiger partial charge in [-0.25, -0.2) is 16.8 Å². The van der Waals surface area contributed by atoms with E-state index in [0.29, 0.717) is 28.4 Å². The van der Waals surface area contributed by atoms with E-state index < -0.39 is 25.8 Å². The summed E-state index contributed by atoms with van der Waals surface area (Å²) in [6.07, 6.45) is 0.409. The Kier molecular flexibility index (Phi) is 8.82. The van der Waals surface area contributed by atoms with Crippen LogP contribution in [0.25, 0.3) is 0 Å². The number of nitrogens with zero attached hydrogens (tertiary/aromatic N) is 2. The van der Waals surface area contributed by atoms with Crippen LogP contribution in [0.4, 0.5) is 0 Å². The Bertz CT molecular complexity index is 1680. The average molecular weight is 631 g/mol. The third-order valence-electron chi connectivity index (χ3n) is 7.92. The fourth-order valence-corrected chi connectivity index (χ4v) is 8.77. The maximum absolute atomic E-state index is 13.8. The third kappa shape index (κ3) is 5.87. The van der Waals surface area contributed by atoms with Crippen LogP contribution >= 0.6 is 0 Å². The number of carbonyl (C=O) groups excluding carboxylic acids is 1. The van der Waals surface area contributed by atoms with Crippen molar-refractivity contribution >= 4 is 25.8 Å². The summed E-state index contributed by atoms with van der Waals surface area (Å²) < 4.78 is 78.6. The highest BCUT2D eigenvalue weighted by atomic mass is 32.2. The molecule has 0 N–H and O–H groups in total. The minimum absolute atomic E-state index is 0.0289. The van der Waals surface area contributed by atoms with Gasteiger partial charge in [-0.3, -0.25) is 4.79 Å². The topological polar surface area (TPSA) is 129 Å². The van der Waals surface area contributed by atoms with Crippen LogP contribution < -0.4 is 14.2 Å². The van der Waals surface area contributed by atoms with Crippen LogP contribution in [0.3, 0.4) is 0 Å². The van der Waals surface area contributed by atoms with Gasteiger partial charge in [0.1, 0.15) is 11.5 Å². The van der Waals surface area contributed by atoms with Crippen molar-refractivity contribution in [2.24, 2.45) is 0 Å². The molecule has 43 heavy (non-hydrogen) atoms. The summed E-state index contributed by atoms with van der Waals surface area (Å²) in [6.45, 7) is 0.538. The molecule has 0 radical (unpaired) electrons. The lowest BCUT2D eigenvalue weighted by Crippen LogP contribution is -2.55. The maximum atomic E-state index is 13.8. The van der Waals surface area contributed by atoms with Crippen LogP contribution in [-0.2, 0) is 31.2 Å². The highest BCUT2D eigenvalue weighted by Crippen LogP contribution is 2.39. The molecule has 230 valence electrons. The van der Waals surface area contributed by atoms with E-state index in [0.717, 1.165) is 0 Å². The zero-order chi connectivity index (χ0) is 30.8. The van der Waals surface area contributed by atoms with Gasteiger partial charge in [-0.1, -0.05) is 24.3 Å². The number of hydrogen-bond donors (Lipinski definition) is 0. The van der Waals surface area contributed by atoms with E-state index in [4.69, 9.17) is 18.9 Å². The molecular formula is C30H34N2O9S2. The van der Waals surface area contributed by atoms with Gasteiger partial charge in [0, 0.05) is 50.0 Å². The van der Waals surface area contributed by atoms with Crippen molar-refractivity contribution in [3.8, 4) is 17.2 Å². The average Bonchev–Trinajstić information content (AvgIpc) is 3.44. The van der Waals surface area contributed by atoms with Crippen LogP contribution in [0.2, 0.25) is 0 Å². The summed E-state index contributed by atoms with van der Waals surface area (Å²) >= 11 is 0. The number of piperidine rings is 1. The molecule has 0 bridgehead atoms. The number of methoxy groups -OCH3 is 3. The highest BCUT2D eigenvalue weighted by Gasteiger charge is 2.51. The minimum Gasteiger partial charge on any atom is -0.497 e. The van der Waals surface area contributed by atoms with Gasteiger partial charge in [0.05, 0.1) is 37.7 Å². The minimum atomic E-state index is -4.00. The van der Waals surface area contributed by atoms with Crippen LogP contribution in [0.5, 0.6) is 17.2 Å². The van der Waals surface area contributed by atoms with Crippen molar-refractivity contribution in [3.63, 3.8) is 0 Å². The Hall–Kier alpha value is -3.49. The number of sulfonamides is 2. The molecule has 5 rings (SSSR count). The molecule has 1 spiro atoms. The van der Waals surface area contributed by atoms with Gasteiger partial charge in [-0.2, -0.15) is 8.61 Å². The van der Waals surface area contributed by atoms with Crippen LogP contribution in [-0.4, -0.2) is 84.5 Å². The van der Waals surface area contributed by atoms with Crippen LogP contribution in [0, 0.1) is 0 Å². The molecule has 2 saturated heterocycles. The van der Waals surface area contributed by atoms with Gasteiger partial charge in [0.15, 0.2) is 17.3 Å². The lowest BCUT2D eigenvalue weighted by molar-refractivity contribution is -0.0806. The van der Waals surface area contributed by atoms with Crippen LogP contribution in [0.15, 0.2) is 76.5 Å². The highest BCUT2D eigenvalue weighted by molar-refractivity contribution is 7.89. The standard InChI is InChI=1S/C30H34N2O9S2/c1-38-24-9-13-25(14-10-24)42(34,35)31-17-15-30(16-18-31)32(19-20-41-30)43(36,37)26-11-7-22(8-12-26)27(33)21-23-5-4-6-28(39-2)29(23)40-3/h4-14H,15-21H2,1-3H3. The zero-order valence-electron chi connectivity index (χ0n) is 24.2. The molecule has 0 saturated carbocycles. The molecule has 3 aromatic carbocycles. The van der Waals surface area contributed by atoms with Gasteiger partial charge < -0.3 is 18.9 Å². The second kappa shape index (κ2) is 12.2. The smallest absolute Gasteiger partial charge is 0.245 e. The number of ketones is 1. The summed E-state index contributed by atoms with van der Waals surface area (Å²) in [4.78, 5) is 13.2. The van der Waals surface area contributed by atoms with E-state index in [1.54, 1.807) is 30.3 Å². The molecule has 0 aliphatic carbocycles. The van der Waals surface area contributed by atoms with Crippen molar-refractivity contribution in [3.05, 3.63) is 77.9 Å². The van der Waals surface area contributed by atoms with Gasteiger partial charge in [-0.15, -0.1) is 0 Å². The summed E-state index contributed by atoms with van der Waals surface area (Å²) in [5.74, 6) is 1.33. The first-order valence-electron chi connectivity index (χ1n) is 13.7. The molecule has 11 nitrogen and oxygen atoms in total. The van der Waals surface area contributed by atoms with Crippen molar-refractivity contribution < 1.29 is 40.6 Å². The molecule has 2 aliphatic heterocycles. The van der Waals surface area contributed by atoms with E-state index in [-0.39, 0.29) is 61.1 Å². The zero-order valence-corrected chi connectivity index (χ0v) is 25.8. The molecule has 2 heterocycles. The Morgan fingerprint density at radius 2 is 1.42 bits per heavy atom. The van der Waals surface area contributed by atoms with Crippen LogP contribution in [0.1, 0.15) is 28.8 Å². The summed E-state index contributed by atoms with van der Waals surface area (Å²) in [5.41, 5.74) is -0.143. The normalized spacial score (nSPS) is 17.6. The number of para-hydroxylation sites is 1. The molecule has 13 heteroatoms. The SMILES string of the molecule is COc1ccc(S(=O)(=O)N2CCC3(CC2)OCCN3S(=O)(=O)c2ccc(C(=O)Cc3cccc(OC)c3OC)cc2)cc1. The van der Waals surface area contributed by atoms with Gasteiger partial charge in [-0.05, 0) is 42.5 Å². The molecule has 0 unspecified atom stereocenters. The van der Waals surface area contributed by atoms with Crippen molar-refractivity contribution in [2.75, 3.05) is 47.6 Å². The number of carbonyl (C=O) groups is 1. The van der Waals surface area contributed by atoms with Crippen molar-refractivity contribution in [1.82, 2.24) is 8.61 Å². The molecule has 3 aromatic rings. The number of rotatable bonds is 10.